The van der Waals surface area contributed by atoms with E-state index in [1.54, 1.807) is 12.0 Å². The van der Waals surface area contributed by atoms with Gasteiger partial charge in [-0.1, -0.05) is 24.3 Å². The number of fused-ring (bicyclic) bond motifs is 1. The first kappa shape index (κ1) is 17.2. The predicted octanol–water partition coefficient (Wildman–Crippen LogP) is 1.79. The van der Waals surface area contributed by atoms with Gasteiger partial charge in [-0.15, -0.1) is 0 Å². The Morgan fingerprint density at radius 1 is 1.24 bits per heavy atom. The Balaban J connectivity index is 1.78. The van der Waals surface area contributed by atoms with Gasteiger partial charge in [-0.05, 0) is 28.5 Å². The van der Waals surface area contributed by atoms with Crippen LogP contribution in [-0.2, 0) is 25.5 Å². The highest BCUT2D eigenvalue weighted by atomic mass is 16.6. The van der Waals surface area contributed by atoms with E-state index in [4.69, 9.17) is 14.2 Å². The molecule has 3 rings (SSSR count). The van der Waals surface area contributed by atoms with E-state index in [2.05, 4.69) is 0 Å². The van der Waals surface area contributed by atoms with E-state index in [1.165, 1.54) is 7.11 Å². The summed E-state index contributed by atoms with van der Waals surface area (Å²) in [5.41, 5.74) is 0.933. The standard InChI is InChI=1S/C19H21NO5/c1-23-15-7-6-13-4-3-5-14(16(13)11-15)10-18(21)20-8-9-25-17(12-20)19(22)24-2/h3-7,11,17H,8-10,12H2,1-2H3/t17-/m1/s1. The van der Waals surface area contributed by atoms with Crippen molar-refractivity contribution >= 4 is 22.6 Å². The molecule has 1 fully saturated rings. The number of ether oxygens (including phenoxy) is 3. The number of benzene rings is 2. The van der Waals surface area contributed by atoms with Crippen LogP contribution in [-0.4, -0.2) is 56.8 Å². The zero-order valence-electron chi connectivity index (χ0n) is 14.4. The van der Waals surface area contributed by atoms with E-state index in [0.29, 0.717) is 13.2 Å². The second kappa shape index (κ2) is 7.53. The summed E-state index contributed by atoms with van der Waals surface area (Å²) in [7, 11) is 2.94. The van der Waals surface area contributed by atoms with Crippen LogP contribution in [0, 0.1) is 0 Å². The number of morpholine rings is 1. The summed E-state index contributed by atoms with van der Waals surface area (Å²) >= 11 is 0. The van der Waals surface area contributed by atoms with Crippen molar-refractivity contribution in [2.24, 2.45) is 0 Å². The number of amides is 1. The Bertz CT molecular complexity index is 788. The Morgan fingerprint density at radius 2 is 2.08 bits per heavy atom. The molecule has 1 saturated heterocycles. The molecule has 1 amide bonds. The van der Waals surface area contributed by atoms with Crippen molar-refractivity contribution in [3.8, 4) is 5.75 Å². The highest BCUT2D eigenvalue weighted by molar-refractivity contribution is 5.91. The molecule has 6 heteroatoms. The summed E-state index contributed by atoms with van der Waals surface area (Å²) in [6.07, 6.45) is -0.450. The number of methoxy groups -OCH3 is 2. The molecule has 1 heterocycles. The minimum atomic E-state index is -0.713. The number of hydrogen-bond donors (Lipinski definition) is 0. The minimum Gasteiger partial charge on any atom is -0.497 e. The fraction of sp³-hybridized carbons (Fsp3) is 0.368. The Morgan fingerprint density at radius 3 is 2.84 bits per heavy atom. The molecular formula is C19H21NO5. The maximum Gasteiger partial charge on any atom is 0.336 e. The van der Waals surface area contributed by atoms with E-state index in [9.17, 15) is 9.59 Å². The lowest BCUT2D eigenvalue weighted by Gasteiger charge is -2.31. The third kappa shape index (κ3) is 3.74. The van der Waals surface area contributed by atoms with Gasteiger partial charge in [0.05, 0.1) is 33.8 Å². The number of carbonyl (C=O) groups is 2. The SMILES string of the molecule is COC(=O)[C@H]1CN(C(=O)Cc2cccc3ccc(OC)cc23)CCO1. The van der Waals surface area contributed by atoms with Crippen LogP contribution >= 0.6 is 0 Å². The van der Waals surface area contributed by atoms with Crippen molar-refractivity contribution in [1.29, 1.82) is 0 Å². The lowest BCUT2D eigenvalue weighted by molar-refractivity contribution is -0.162. The topological polar surface area (TPSA) is 65.1 Å². The van der Waals surface area contributed by atoms with Crippen molar-refractivity contribution in [2.45, 2.75) is 12.5 Å². The number of hydrogen-bond acceptors (Lipinski definition) is 5. The number of rotatable bonds is 4. The fourth-order valence-electron chi connectivity index (χ4n) is 3.02. The van der Waals surface area contributed by atoms with Crippen LogP contribution in [0.25, 0.3) is 10.8 Å². The van der Waals surface area contributed by atoms with Crippen LogP contribution in [0.15, 0.2) is 36.4 Å². The van der Waals surface area contributed by atoms with E-state index in [0.717, 1.165) is 22.1 Å². The number of carbonyl (C=O) groups excluding carboxylic acids is 2. The normalized spacial score (nSPS) is 17.4. The third-order valence-corrected chi connectivity index (χ3v) is 4.40. The third-order valence-electron chi connectivity index (χ3n) is 4.40. The average Bonchev–Trinajstić information content (AvgIpc) is 2.67. The van der Waals surface area contributed by atoms with Crippen LogP contribution in [0.4, 0.5) is 0 Å². The fourth-order valence-corrected chi connectivity index (χ4v) is 3.02. The van der Waals surface area contributed by atoms with Gasteiger partial charge in [0.15, 0.2) is 6.10 Å². The predicted molar refractivity (Wildman–Crippen MR) is 92.5 cm³/mol. The smallest absolute Gasteiger partial charge is 0.336 e. The average molecular weight is 343 g/mol. The van der Waals surface area contributed by atoms with E-state index in [-0.39, 0.29) is 18.9 Å². The Labute approximate surface area is 146 Å². The largest absolute Gasteiger partial charge is 0.497 e. The van der Waals surface area contributed by atoms with Crippen molar-refractivity contribution in [3.05, 3.63) is 42.0 Å². The van der Waals surface area contributed by atoms with Crippen molar-refractivity contribution in [3.63, 3.8) is 0 Å². The molecule has 0 N–H and O–H groups in total. The van der Waals surface area contributed by atoms with Gasteiger partial charge in [0, 0.05) is 6.54 Å². The van der Waals surface area contributed by atoms with Gasteiger partial charge >= 0.3 is 5.97 Å². The van der Waals surface area contributed by atoms with E-state index in [1.807, 2.05) is 36.4 Å². The van der Waals surface area contributed by atoms with Gasteiger partial charge in [0.2, 0.25) is 5.91 Å². The molecule has 0 bridgehead atoms. The van der Waals surface area contributed by atoms with Gasteiger partial charge in [-0.2, -0.15) is 0 Å². The Kier molecular flexibility index (Phi) is 5.19. The molecule has 0 radical (unpaired) electrons. The molecule has 1 atom stereocenters. The quantitative estimate of drug-likeness (QED) is 0.792. The number of nitrogens with zero attached hydrogens (tertiary/aromatic N) is 1. The second-order valence-corrected chi connectivity index (χ2v) is 5.90. The van der Waals surface area contributed by atoms with Gasteiger partial charge in [-0.25, -0.2) is 4.79 Å². The molecule has 2 aromatic carbocycles. The number of esters is 1. The molecule has 132 valence electrons. The highest BCUT2D eigenvalue weighted by Crippen LogP contribution is 2.25. The summed E-state index contributed by atoms with van der Waals surface area (Å²) in [6.45, 7) is 1.02. The highest BCUT2D eigenvalue weighted by Gasteiger charge is 2.29. The maximum absolute atomic E-state index is 12.7. The molecule has 2 aromatic rings. The zero-order valence-corrected chi connectivity index (χ0v) is 14.4. The van der Waals surface area contributed by atoms with Crippen LogP contribution in [0.2, 0.25) is 0 Å². The van der Waals surface area contributed by atoms with Gasteiger partial charge in [0.1, 0.15) is 5.75 Å². The van der Waals surface area contributed by atoms with Crippen LogP contribution in [0.5, 0.6) is 5.75 Å². The lowest BCUT2D eigenvalue weighted by atomic mass is 10.0. The zero-order chi connectivity index (χ0) is 17.8. The maximum atomic E-state index is 12.7. The van der Waals surface area contributed by atoms with Crippen molar-refractivity contribution < 1.29 is 23.8 Å². The van der Waals surface area contributed by atoms with Crippen molar-refractivity contribution in [1.82, 2.24) is 4.90 Å². The molecule has 0 unspecified atom stereocenters. The summed E-state index contributed by atoms with van der Waals surface area (Å²) in [4.78, 5) is 26.0. The Hall–Kier alpha value is -2.60. The van der Waals surface area contributed by atoms with E-state index >= 15 is 0 Å². The van der Waals surface area contributed by atoms with Crippen molar-refractivity contribution in [2.75, 3.05) is 33.9 Å². The minimum absolute atomic E-state index is 0.0347. The van der Waals surface area contributed by atoms with Gasteiger partial charge in [0.25, 0.3) is 0 Å². The molecule has 0 spiro atoms. The molecular weight excluding hydrogens is 322 g/mol. The lowest BCUT2D eigenvalue weighted by Crippen LogP contribution is -2.49. The summed E-state index contributed by atoms with van der Waals surface area (Å²) < 4.78 is 15.4. The van der Waals surface area contributed by atoms with Crippen LogP contribution < -0.4 is 4.74 Å². The van der Waals surface area contributed by atoms with Crippen LogP contribution in [0.1, 0.15) is 5.56 Å². The molecule has 0 saturated carbocycles. The van der Waals surface area contributed by atoms with E-state index < -0.39 is 12.1 Å². The molecule has 25 heavy (non-hydrogen) atoms. The first-order valence-corrected chi connectivity index (χ1v) is 8.15. The first-order chi connectivity index (χ1) is 12.1. The summed E-state index contributed by atoms with van der Waals surface area (Å²) in [6, 6.07) is 11.7. The summed E-state index contributed by atoms with van der Waals surface area (Å²) in [5, 5.41) is 2.05. The molecule has 0 aliphatic carbocycles. The van der Waals surface area contributed by atoms with Crippen LogP contribution in [0.3, 0.4) is 0 Å². The first-order valence-electron chi connectivity index (χ1n) is 8.15. The second-order valence-electron chi connectivity index (χ2n) is 5.90. The molecule has 6 nitrogen and oxygen atoms in total. The molecule has 1 aliphatic rings. The molecule has 1 aliphatic heterocycles. The summed E-state index contributed by atoms with van der Waals surface area (Å²) in [5.74, 6) is 0.268. The van der Waals surface area contributed by atoms with Gasteiger partial charge < -0.3 is 19.1 Å². The van der Waals surface area contributed by atoms with Gasteiger partial charge in [-0.3, -0.25) is 4.79 Å². The monoisotopic (exact) mass is 343 g/mol. The molecule has 0 aromatic heterocycles.